The van der Waals surface area contributed by atoms with E-state index >= 15 is 14.4 Å². The maximum absolute atomic E-state index is 15.3. The molecule has 1 rings (SSSR count). The summed E-state index contributed by atoms with van der Waals surface area (Å²) in [6, 6.07) is -19.7. The van der Waals surface area contributed by atoms with Crippen LogP contribution in [0.4, 0.5) is 0 Å². The number of hydrogen-bond donors (Lipinski definition) is 23. The molecule has 0 radical (unpaired) electrons. The van der Waals surface area contributed by atoms with Crippen LogP contribution in [-0.4, -0.2) is 248 Å². The van der Waals surface area contributed by atoms with Crippen molar-refractivity contribution >= 4 is 116 Å². The normalized spacial score (nSPS) is 20.6. The minimum Gasteiger partial charge on any atom is -0.480 e. The average molecular weight is 1800 g/mol. The maximum Gasteiger partial charge on any atom is 0.322 e. The Kier molecular flexibility index (Phi) is 58.6. The highest BCUT2D eigenvalue weighted by Crippen LogP contribution is 2.24. The number of rotatable bonds is 53. The summed E-state index contributed by atoms with van der Waals surface area (Å²) in [7, 11) is 2.04. The highest BCUT2D eigenvalue weighted by Gasteiger charge is 2.40. The maximum atomic E-state index is 15.3. The molecule has 1 fully saturated rings. The zero-order valence-corrected chi connectivity index (χ0v) is 77.4. The molecule has 41 heteroatoms. The second kappa shape index (κ2) is 63.8. The van der Waals surface area contributed by atoms with Gasteiger partial charge in [0.15, 0.2) is 0 Å². The second-order valence-electron chi connectivity index (χ2n) is 34.8. The number of carboxylic acid groups (broad SMARTS) is 1. The molecule has 0 aromatic heterocycles. The summed E-state index contributed by atoms with van der Waals surface area (Å²) in [5.74, 6) is -14.8. The SMILES string of the molecule is CC(C)C[C@H](NC(=O)[C@H](CCCCN)NC(=O)[C@H](CC(C)C)NC(=O)[C@H](CC(C)C)NC(=O)[C@H](CCCCN)NC(=O)[C@H](CCCCN)NC(=O)[C@@H]1CSSC[C@H](N)C(=O)N[C@@H](CCCCN)C(=O)N[C@@H](CCCCN)C(=O)N[C@@H](CC(C)C)C(=O)N[C@@H](CC(C)C)C(=O)N[C@@H](CCCCN)C(=O)N[C@@H](CC(C)C)C(=O)N1)C(=O)N[C@@H](C)C(=O)NCC(=O)O. The molecule has 0 aromatic rings. The number of carbonyl (C=O) groups is 16. The van der Waals surface area contributed by atoms with Crippen molar-refractivity contribution in [2.24, 2.45) is 75.6 Å². The molecule has 0 unspecified atom stereocenters. The Balaban J connectivity index is 4.16. The third-order valence-electron chi connectivity index (χ3n) is 20.2. The van der Waals surface area contributed by atoms with Gasteiger partial charge in [-0.2, -0.15) is 0 Å². The van der Waals surface area contributed by atoms with E-state index < -0.39 is 192 Å². The molecule has 0 aromatic carbocycles. The van der Waals surface area contributed by atoms with Gasteiger partial charge < -0.3 is 125 Å². The molecule has 1 saturated heterocycles. The molecule has 1 aliphatic heterocycles. The molecule has 124 heavy (non-hydrogen) atoms. The molecular formula is C83H156N22O17S2. The first-order valence-corrected chi connectivity index (χ1v) is 47.0. The number of carbonyl (C=O) groups excluding carboxylic acids is 15. The third kappa shape index (κ3) is 48.0. The van der Waals surface area contributed by atoms with Gasteiger partial charge in [0.05, 0.1) is 6.04 Å². The van der Waals surface area contributed by atoms with Crippen LogP contribution in [0, 0.1) is 35.5 Å². The van der Waals surface area contributed by atoms with Crippen molar-refractivity contribution in [3.05, 3.63) is 0 Å². The Bertz CT molecular complexity index is 3310. The van der Waals surface area contributed by atoms with Gasteiger partial charge in [-0.15, -0.1) is 0 Å². The fourth-order valence-electron chi connectivity index (χ4n) is 13.5. The first kappa shape index (κ1) is 114. The number of amides is 15. The van der Waals surface area contributed by atoms with E-state index in [1.165, 1.54) is 6.92 Å². The van der Waals surface area contributed by atoms with Crippen LogP contribution in [0.1, 0.15) is 244 Å². The first-order valence-electron chi connectivity index (χ1n) is 44.5. The summed E-state index contributed by atoms with van der Waals surface area (Å²) < 4.78 is 0. The molecule has 30 N–H and O–H groups in total. The zero-order chi connectivity index (χ0) is 93.7. The van der Waals surface area contributed by atoms with E-state index in [1.807, 2.05) is 27.7 Å². The van der Waals surface area contributed by atoms with E-state index in [2.05, 4.69) is 79.8 Å². The molecule has 0 bridgehead atoms. The molecular weight excluding hydrogens is 1640 g/mol. The van der Waals surface area contributed by atoms with Crippen molar-refractivity contribution in [2.75, 3.05) is 57.3 Å². The number of nitrogens with one attached hydrogen (secondary N) is 15. The number of aliphatic carboxylic acids is 1. The zero-order valence-electron chi connectivity index (χ0n) is 75.8. The Labute approximate surface area is 741 Å². The van der Waals surface area contributed by atoms with Crippen LogP contribution in [-0.2, 0) is 76.7 Å². The highest BCUT2D eigenvalue weighted by molar-refractivity contribution is 8.76. The Morgan fingerprint density at radius 2 is 0.597 bits per heavy atom. The summed E-state index contributed by atoms with van der Waals surface area (Å²) in [5, 5.41) is 50.1. The van der Waals surface area contributed by atoms with Crippen molar-refractivity contribution in [2.45, 2.75) is 335 Å². The summed E-state index contributed by atoms with van der Waals surface area (Å²) in [6.07, 6.45) is 5.05. The van der Waals surface area contributed by atoms with Gasteiger partial charge in [0.25, 0.3) is 0 Å². The lowest BCUT2D eigenvalue weighted by Crippen LogP contribution is -2.61. The predicted molar refractivity (Wildman–Crippen MR) is 480 cm³/mol. The summed E-state index contributed by atoms with van der Waals surface area (Å²) in [5.41, 5.74) is 42.0. The molecule has 15 amide bonds. The van der Waals surface area contributed by atoms with Gasteiger partial charge in [-0.3, -0.25) is 76.7 Å². The van der Waals surface area contributed by atoms with Crippen LogP contribution in [0.5, 0.6) is 0 Å². The van der Waals surface area contributed by atoms with Gasteiger partial charge in [-0.25, -0.2) is 0 Å². The Hall–Kier alpha value is -8.06. The smallest absolute Gasteiger partial charge is 0.322 e. The largest absolute Gasteiger partial charge is 0.480 e. The average Bonchev–Trinajstić information content (AvgIpc) is 0.854. The molecule has 1 aliphatic rings. The lowest BCUT2D eigenvalue weighted by Gasteiger charge is -2.30. The highest BCUT2D eigenvalue weighted by atomic mass is 33.1. The van der Waals surface area contributed by atoms with E-state index in [4.69, 9.17) is 45.2 Å². The molecule has 0 aliphatic carbocycles. The molecule has 1 heterocycles. The topological polar surface area (TPSA) is 656 Å². The quantitative estimate of drug-likeness (QED) is 0.0250. The lowest BCUT2D eigenvalue weighted by atomic mass is 9.98. The van der Waals surface area contributed by atoms with Crippen LogP contribution >= 0.6 is 21.6 Å². The first-order chi connectivity index (χ1) is 58.6. The van der Waals surface area contributed by atoms with E-state index in [1.54, 1.807) is 55.4 Å². The monoisotopic (exact) mass is 1800 g/mol. The fraction of sp³-hybridized carbons (Fsp3) is 0.807. The molecule has 712 valence electrons. The van der Waals surface area contributed by atoms with Crippen LogP contribution in [0.2, 0.25) is 0 Å². The summed E-state index contributed by atoms with van der Waals surface area (Å²) in [4.78, 5) is 229. The van der Waals surface area contributed by atoms with Gasteiger partial charge in [0.2, 0.25) is 88.6 Å². The van der Waals surface area contributed by atoms with E-state index in [0.29, 0.717) is 64.2 Å². The van der Waals surface area contributed by atoms with Crippen molar-refractivity contribution < 1.29 is 81.8 Å². The predicted octanol–water partition coefficient (Wildman–Crippen LogP) is -1.23. The molecule has 15 atom stereocenters. The van der Waals surface area contributed by atoms with Crippen LogP contribution < -0.4 is 120 Å². The Morgan fingerprint density at radius 1 is 0.331 bits per heavy atom. The van der Waals surface area contributed by atoms with Crippen molar-refractivity contribution in [3.8, 4) is 0 Å². The third-order valence-corrected chi connectivity index (χ3v) is 22.7. The van der Waals surface area contributed by atoms with Crippen molar-refractivity contribution in [3.63, 3.8) is 0 Å². The van der Waals surface area contributed by atoms with Crippen molar-refractivity contribution in [1.82, 2.24) is 79.8 Å². The second-order valence-corrected chi connectivity index (χ2v) is 37.3. The van der Waals surface area contributed by atoms with Gasteiger partial charge in [-0.1, -0.05) is 105 Å². The number of unbranched alkanes of at least 4 members (excludes halogenated alkanes) is 6. The van der Waals surface area contributed by atoms with Gasteiger partial charge >= 0.3 is 5.97 Å². The van der Waals surface area contributed by atoms with Crippen LogP contribution in [0.25, 0.3) is 0 Å². The Morgan fingerprint density at radius 3 is 0.911 bits per heavy atom. The van der Waals surface area contributed by atoms with Gasteiger partial charge in [-0.05, 0) is 236 Å². The van der Waals surface area contributed by atoms with Gasteiger partial charge in [0.1, 0.15) is 91.1 Å². The van der Waals surface area contributed by atoms with Crippen LogP contribution in [0.15, 0.2) is 0 Å². The van der Waals surface area contributed by atoms with E-state index in [0.717, 1.165) is 21.6 Å². The lowest BCUT2D eigenvalue weighted by molar-refractivity contribution is -0.138. The van der Waals surface area contributed by atoms with E-state index in [9.17, 15) is 62.3 Å². The standard InChI is InChI=1S/C83H156N22O17S2/c1-47(2)38-61(77(116)92-53(13)69(108)91-44-68(106)107)99-75(114)59(30-18-24-36-88)96-78(117)62(39-48(3)4)103-81(120)65(42-51(9)10)101-74(113)58(29-17-23-35-87)95-72(111)56(27-15-21-33-85)98-83(122)67-46-124-123-45-54(90)70(109)93-55(26-14-20-32-84)71(110)94-57(28-16-22-34-86)73(112)100-64(41-50(7)8)80(119)104-63(40-49(5)6)79(118)97-60(31-19-25-37-89)76(115)102-66(43-52(11)12)82(121)105-67/h47-67H,14-46,84-90H2,1-13H3,(H,91,108)(H,92,116)(H,93,109)(H,94,110)(H,95,111)(H,96,117)(H,97,118)(H,98,122)(H,99,114)(H,100,112)(H,101,113)(H,102,115)(H,103,120)(H,104,119)(H,105,121)(H,106,107)/t53-,54-,55-,56-,57-,58-,59-,60-,61-,62-,63-,64-,65-,66-,67-/m0/s1. The number of carboxylic acids is 1. The summed E-state index contributed by atoms with van der Waals surface area (Å²) in [6.45, 7) is 23.8. The molecule has 0 spiro atoms. The fourth-order valence-corrected chi connectivity index (χ4v) is 15.8. The van der Waals surface area contributed by atoms with Crippen molar-refractivity contribution in [1.29, 1.82) is 0 Å². The van der Waals surface area contributed by atoms with Gasteiger partial charge in [0, 0.05) is 11.5 Å². The molecule has 39 nitrogen and oxygen atoms in total. The van der Waals surface area contributed by atoms with Crippen LogP contribution in [0.3, 0.4) is 0 Å². The summed E-state index contributed by atoms with van der Waals surface area (Å²) >= 11 is 0. The number of nitrogens with two attached hydrogens (primary N) is 7. The van der Waals surface area contributed by atoms with E-state index in [-0.39, 0.29) is 176 Å². The minimum absolute atomic E-state index is 0.00625. The number of hydrogen-bond acceptors (Lipinski definition) is 25. The molecule has 0 saturated carbocycles. The minimum atomic E-state index is -1.54.